The normalized spacial score (nSPS) is 15.5. The Morgan fingerprint density at radius 1 is 1.03 bits per heavy atom. The topological polar surface area (TPSA) is 53.9 Å². The first-order valence-electron chi connectivity index (χ1n) is 9.80. The second-order valence-electron chi connectivity index (χ2n) is 7.07. The highest BCUT2D eigenvalue weighted by Crippen LogP contribution is 2.35. The zero-order chi connectivity index (χ0) is 21.1. The molecule has 3 aromatic rings. The Hall–Kier alpha value is -3.67. The summed E-state index contributed by atoms with van der Waals surface area (Å²) >= 11 is 0. The molecule has 0 bridgehead atoms. The molecule has 1 N–H and O–H groups in total. The number of nitrogens with one attached hydrogen (secondary N) is 1. The van der Waals surface area contributed by atoms with Crippen molar-refractivity contribution in [2.75, 3.05) is 11.4 Å². The number of hydrogen-bond donors (Lipinski definition) is 1. The van der Waals surface area contributed by atoms with Crippen molar-refractivity contribution in [1.82, 2.24) is 5.32 Å². The molecule has 0 aromatic heterocycles. The molecule has 0 fully saturated rings. The summed E-state index contributed by atoms with van der Waals surface area (Å²) in [6, 6.07) is 21.5. The van der Waals surface area contributed by atoms with Gasteiger partial charge in [-0.25, -0.2) is 4.39 Å². The van der Waals surface area contributed by atoms with Gasteiger partial charge in [-0.3, -0.25) is 9.69 Å². The molecule has 4 rings (SSSR count). The number of amidine groups is 1. The van der Waals surface area contributed by atoms with E-state index >= 15 is 0 Å². The number of nitrogens with zero attached hydrogens (tertiary/aromatic N) is 2. The molecule has 0 radical (unpaired) electrons. The lowest BCUT2D eigenvalue weighted by molar-refractivity contribution is 0.0867. The van der Waals surface area contributed by atoms with Crippen molar-refractivity contribution >= 4 is 17.4 Å². The zero-order valence-corrected chi connectivity index (χ0v) is 16.8. The Morgan fingerprint density at radius 3 is 2.33 bits per heavy atom. The van der Waals surface area contributed by atoms with Crippen molar-refractivity contribution < 1.29 is 14.0 Å². The summed E-state index contributed by atoms with van der Waals surface area (Å²) in [5.74, 6) is 0.199. The number of aryl methyl sites for hydroxylation is 1. The highest BCUT2D eigenvalue weighted by molar-refractivity contribution is 6.11. The van der Waals surface area contributed by atoms with Gasteiger partial charge in [0.05, 0.1) is 0 Å². The van der Waals surface area contributed by atoms with E-state index < -0.39 is 6.23 Å². The van der Waals surface area contributed by atoms with Gasteiger partial charge in [0.1, 0.15) is 5.82 Å². The lowest BCUT2D eigenvalue weighted by Crippen LogP contribution is -2.31. The molecule has 0 saturated carbocycles. The summed E-state index contributed by atoms with van der Waals surface area (Å²) in [6.45, 7) is 4.48. The first kappa shape index (κ1) is 19.6. The summed E-state index contributed by atoms with van der Waals surface area (Å²) in [5, 5.41) is 7.11. The smallest absolute Gasteiger partial charge is 0.251 e. The van der Waals surface area contributed by atoms with Crippen LogP contribution in [0.15, 0.2) is 78.0 Å². The van der Waals surface area contributed by atoms with Gasteiger partial charge in [-0.2, -0.15) is 0 Å². The van der Waals surface area contributed by atoms with Gasteiger partial charge in [0.25, 0.3) is 5.91 Å². The van der Waals surface area contributed by atoms with Crippen LogP contribution in [-0.4, -0.2) is 18.3 Å². The van der Waals surface area contributed by atoms with E-state index in [1.54, 1.807) is 24.3 Å². The van der Waals surface area contributed by atoms with Crippen LogP contribution in [0, 0.1) is 12.7 Å². The summed E-state index contributed by atoms with van der Waals surface area (Å²) in [7, 11) is 0. The molecular formula is C24H22FN3O2. The van der Waals surface area contributed by atoms with Gasteiger partial charge in [-0.1, -0.05) is 47.1 Å². The van der Waals surface area contributed by atoms with Crippen molar-refractivity contribution in [3.63, 3.8) is 0 Å². The molecule has 1 heterocycles. The lowest BCUT2D eigenvalue weighted by atomic mass is 10.1. The van der Waals surface area contributed by atoms with Gasteiger partial charge in [0.15, 0.2) is 5.84 Å². The van der Waals surface area contributed by atoms with E-state index in [0.29, 0.717) is 17.9 Å². The number of oxime groups is 1. The van der Waals surface area contributed by atoms with Gasteiger partial charge in [-0.05, 0) is 50.2 Å². The van der Waals surface area contributed by atoms with E-state index in [1.807, 2.05) is 55.1 Å². The van der Waals surface area contributed by atoms with E-state index in [9.17, 15) is 9.18 Å². The van der Waals surface area contributed by atoms with Crippen LogP contribution in [0.3, 0.4) is 0 Å². The molecular weight excluding hydrogens is 381 g/mol. The largest absolute Gasteiger partial charge is 0.363 e. The summed E-state index contributed by atoms with van der Waals surface area (Å²) in [4.78, 5) is 19.8. The Bertz CT molecular complexity index is 1060. The molecule has 1 amide bonds. The minimum Gasteiger partial charge on any atom is -0.363 e. The van der Waals surface area contributed by atoms with Gasteiger partial charge in [0, 0.05) is 28.9 Å². The first-order valence-corrected chi connectivity index (χ1v) is 9.80. The Kier molecular flexibility index (Phi) is 5.48. The fourth-order valence-electron chi connectivity index (χ4n) is 3.33. The molecule has 1 atom stereocenters. The van der Waals surface area contributed by atoms with Crippen LogP contribution in [0.1, 0.15) is 40.2 Å². The fourth-order valence-corrected chi connectivity index (χ4v) is 3.33. The third-order valence-electron chi connectivity index (χ3n) is 4.91. The highest BCUT2D eigenvalue weighted by atomic mass is 19.1. The predicted molar refractivity (Wildman–Crippen MR) is 115 cm³/mol. The molecule has 1 aliphatic rings. The van der Waals surface area contributed by atoms with Crippen molar-refractivity contribution in [3.8, 4) is 0 Å². The maximum absolute atomic E-state index is 13.4. The third kappa shape index (κ3) is 3.89. The number of anilines is 1. The van der Waals surface area contributed by atoms with Crippen molar-refractivity contribution in [2.24, 2.45) is 5.16 Å². The second-order valence-corrected chi connectivity index (χ2v) is 7.07. The van der Waals surface area contributed by atoms with Crippen LogP contribution in [0.2, 0.25) is 0 Å². The number of rotatable bonds is 5. The molecule has 0 spiro atoms. The van der Waals surface area contributed by atoms with E-state index in [0.717, 1.165) is 22.4 Å². The average Bonchev–Trinajstić information content (AvgIpc) is 3.20. The monoisotopic (exact) mass is 403 g/mol. The zero-order valence-electron chi connectivity index (χ0n) is 16.8. The maximum Gasteiger partial charge on any atom is 0.251 e. The summed E-state index contributed by atoms with van der Waals surface area (Å²) in [5.41, 5.74) is 4.22. The number of amides is 1. The van der Waals surface area contributed by atoms with E-state index in [1.165, 1.54) is 12.1 Å². The Balaban J connectivity index is 1.70. The van der Waals surface area contributed by atoms with Gasteiger partial charge < -0.3 is 10.2 Å². The van der Waals surface area contributed by atoms with Crippen LogP contribution in [-0.2, 0) is 4.84 Å². The number of hydrogen-bond acceptors (Lipinski definition) is 4. The quantitative estimate of drug-likeness (QED) is 0.667. The lowest BCUT2D eigenvalue weighted by Gasteiger charge is -2.26. The van der Waals surface area contributed by atoms with Crippen LogP contribution < -0.4 is 10.2 Å². The first-order chi connectivity index (χ1) is 14.6. The average molecular weight is 403 g/mol. The summed E-state index contributed by atoms with van der Waals surface area (Å²) in [6.07, 6.45) is -0.522. The minimum atomic E-state index is -0.522. The Labute approximate surface area is 174 Å². The number of carbonyl (C=O) groups is 1. The van der Waals surface area contributed by atoms with Gasteiger partial charge in [-0.15, -0.1) is 0 Å². The van der Waals surface area contributed by atoms with E-state index in [-0.39, 0.29) is 11.7 Å². The fraction of sp³-hybridized carbons (Fsp3) is 0.167. The van der Waals surface area contributed by atoms with Crippen LogP contribution >= 0.6 is 0 Å². The molecule has 3 aromatic carbocycles. The molecule has 152 valence electrons. The van der Waals surface area contributed by atoms with Crippen molar-refractivity contribution in [1.29, 1.82) is 0 Å². The van der Waals surface area contributed by atoms with Gasteiger partial charge in [0.2, 0.25) is 6.23 Å². The summed E-state index contributed by atoms with van der Waals surface area (Å²) < 4.78 is 13.4. The SMILES string of the molecule is CCNC(=O)c1ccc(C2=NOC(c3ccc(F)cc3)N2c2ccc(C)cc2)cc1. The molecule has 1 unspecified atom stereocenters. The minimum absolute atomic E-state index is 0.117. The molecule has 5 nitrogen and oxygen atoms in total. The highest BCUT2D eigenvalue weighted by Gasteiger charge is 2.33. The molecule has 30 heavy (non-hydrogen) atoms. The predicted octanol–water partition coefficient (Wildman–Crippen LogP) is 4.78. The maximum atomic E-state index is 13.4. The number of benzene rings is 3. The molecule has 6 heteroatoms. The molecule has 1 aliphatic heterocycles. The molecule has 0 aliphatic carbocycles. The van der Waals surface area contributed by atoms with E-state index in [4.69, 9.17) is 4.84 Å². The van der Waals surface area contributed by atoms with Crippen molar-refractivity contribution in [2.45, 2.75) is 20.1 Å². The van der Waals surface area contributed by atoms with Crippen LogP contribution in [0.25, 0.3) is 0 Å². The number of carbonyl (C=O) groups excluding carboxylic acids is 1. The van der Waals surface area contributed by atoms with Crippen LogP contribution in [0.4, 0.5) is 10.1 Å². The third-order valence-corrected chi connectivity index (χ3v) is 4.91. The second kappa shape index (κ2) is 8.37. The van der Waals surface area contributed by atoms with Crippen LogP contribution in [0.5, 0.6) is 0 Å². The Morgan fingerprint density at radius 2 is 1.70 bits per heavy atom. The standard InChI is InChI=1S/C24H22FN3O2/c1-3-26-23(29)18-8-6-17(7-9-18)22-27-30-24(19-10-12-20(25)13-11-19)28(22)21-14-4-16(2)5-15-21/h4-15,24H,3H2,1-2H3,(H,26,29). The van der Waals surface area contributed by atoms with E-state index in [2.05, 4.69) is 10.5 Å². The van der Waals surface area contributed by atoms with Gasteiger partial charge >= 0.3 is 0 Å². The molecule has 0 saturated heterocycles. The van der Waals surface area contributed by atoms with Crippen molar-refractivity contribution in [3.05, 3.63) is 101 Å². The number of halogens is 1.